The lowest BCUT2D eigenvalue weighted by Crippen LogP contribution is -2.38. The number of rotatable bonds is 7. The molecule has 0 aliphatic heterocycles. The van der Waals surface area contributed by atoms with Gasteiger partial charge in [-0.3, -0.25) is 9.59 Å². The number of hydrogen-bond donors (Lipinski definition) is 1. The maximum Gasteiger partial charge on any atom is 0.254 e. The van der Waals surface area contributed by atoms with Crippen molar-refractivity contribution in [3.05, 3.63) is 65.7 Å². The molecule has 8 nitrogen and oxygen atoms in total. The van der Waals surface area contributed by atoms with Crippen LogP contribution in [-0.4, -0.2) is 50.0 Å². The summed E-state index contributed by atoms with van der Waals surface area (Å²) in [5.74, 6) is -5.71. The number of aromatic nitrogens is 4. The Balaban J connectivity index is 1.71. The third-order valence-electron chi connectivity index (χ3n) is 4.15. The van der Waals surface area contributed by atoms with Gasteiger partial charge in [-0.25, -0.2) is 17.9 Å². The number of benzene rings is 2. The lowest BCUT2D eigenvalue weighted by molar-refractivity contribution is -0.116. The first kappa shape index (κ1) is 21.0. The van der Waals surface area contributed by atoms with Crippen LogP contribution in [0.3, 0.4) is 0 Å². The smallest absolute Gasteiger partial charge is 0.254 e. The second-order valence-electron chi connectivity index (χ2n) is 6.30. The van der Waals surface area contributed by atoms with Crippen molar-refractivity contribution in [2.24, 2.45) is 0 Å². The number of carbonyl (C=O) groups is 2. The second-order valence-corrected chi connectivity index (χ2v) is 6.30. The van der Waals surface area contributed by atoms with Gasteiger partial charge in [0, 0.05) is 12.1 Å². The number of hydrogen-bond acceptors (Lipinski definition) is 5. The third-order valence-corrected chi connectivity index (χ3v) is 4.15. The van der Waals surface area contributed by atoms with E-state index in [1.54, 1.807) is 24.3 Å². The molecule has 0 unspecified atom stereocenters. The number of nitrogens with zero attached hydrogens (tertiary/aromatic N) is 5. The zero-order valence-corrected chi connectivity index (χ0v) is 15.8. The molecule has 3 aromatic rings. The van der Waals surface area contributed by atoms with Crippen molar-refractivity contribution in [1.82, 2.24) is 25.1 Å². The van der Waals surface area contributed by atoms with E-state index in [9.17, 15) is 22.8 Å². The van der Waals surface area contributed by atoms with Gasteiger partial charge in [0.15, 0.2) is 17.5 Å². The van der Waals surface area contributed by atoms with Crippen LogP contribution in [-0.2, 0) is 4.79 Å². The molecule has 1 heterocycles. The van der Waals surface area contributed by atoms with E-state index in [1.165, 1.54) is 15.9 Å². The number of tetrazole rings is 1. The van der Waals surface area contributed by atoms with Crippen LogP contribution in [0.25, 0.3) is 5.69 Å². The lowest BCUT2D eigenvalue weighted by atomic mass is 10.1. The molecule has 11 heteroatoms. The fourth-order valence-electron chi connectivity index (χ4n) is 2.73. The standard InChI is InChI=1S/C19H17F3N6O2/c1-2-9-27(10-16(29)24-15-8-7-14(20)17(21)18(15)22)19(30)12-3-5-13(6-4-12)28-11-23-25-26-28/h3-8,11H,2,9-10H2,1H3,(H,24,29). The van der Waals surface area contributed by atoms with E-state index in [0.717, 1.165) is 6.07 Å². The average Bonchev–Trinajstić information content (AvgIpc) is 3.28. The monoisotopic (exact) mass is 418 g/mol. The van der Waals surface area contributed by atoms with E-state index < -0.39 is 35.0 Å². The predicted octanol–water partition coefficient (Wildman–Crippen LogP) is 2.57. The van der Waals surface area contributed by atoms with Gasteiger partial charge in [-0.2, -0.15) is 0 Å². The van der Waals surface area contributed by atoms with Crippen molar-refractivity contribution in [1.29, 1.82) is 0 Å². The van der Waals surface area contributed by atoms with Crippen molar-refractivity contribution < 1.29 is 22.8 Å². The van der Waals surface area contributed by atoms with Crippen molar-refractivity contribution in [2.45, 2.75) is 13.3 Å². The second kappa shape index (κ2) is 9.16. The summed E-state index contributed by atoms with van der Waals surface area (Å²) in [7, 11) is 0. The Labute approximate surface area is 169 Å². The molecular weight excluding hydrogens is 401 g/mol. The Kier molecular flexibility index (Phi) is 6.40. The molecule has 30 heavy (non-hydrogen) atoms. The minimum absolute atomic E-state index is 0.265. The average molecular weight is 418 g/mol. The summed E-state index contributed by atoms with van der Waals surface area (Å²) >= 11 is 0. The topological polar surface area (TPSA) is 93.0 Å². The van der Waals surface area contributed by atoms with Gasteiger partial charge < -0.3 is 10.2 Å². The Morgan fingerprint density at radius 3 is 2.43 bits per heavy atom. The molecule has 2 aromatic carbocycles. The molecule has 0 radical (unpaired) electrons. The number of anilines is 1. The van der Waals surface area contributed by atoms with E-state index in [1.807, 2.05) is 6.92 Å². The molecule has 2 amide bonds. The highest BCUT2D eigenvalue weighted by atomic mass is 19.2. The van der Waals surface area contributed by atoms with E-state index in [0.29, 0.717) is 23.7 Å². The van der Waals surface area contributed by atoms with Crippen LogP contribution in [0.2, 0.25) is 0 Å². The summed E-state index contributed by atoms with van der Waals surface area (Å²) < 4.78 is 41.5. The fraction of sp³-hybridized carbons (Fsp3) is 0.211. The summed E-state index contributed by atoms with van der Waals surface area (Å²) in [5.41, 5.74) is 0.464. The van der Waals surface area contributed by atoms with Gasteiger partial charge in [-0.1, -0.05) is 6.92 Å². The SMILES string of the molecule is CCCN(CC(=O)Nc1ccc(F)c(F)c1F)C(=O)c1ccc(-n2cnnn2)cc1. The molecule has 3 rings (SSSR count). The lowest BCUT2D eigenvalue weighted by Gasteiger charge is -2.22. The van der Waals surface area contributed by atoms with Crippen LogP contribution < -0.4 is 5.32 Å². The number of halogens is 3. The first-order valence-electron chi connectivity index (χ1n) is 8.96. The van der Waals surface area contributed by atoms with Gasteiger partial charge in [-0.05, 0) is 53.2 Å². The molecule has 0 saturated carbocycles. The van der Waals surface area contributed by atoms with E-state index in [4.69, 9.17) is 0 Å². The summed E-state index contributed by atoms with van der Waals surface area (Å²) in [4.78, 5) is 26.4. The molecule has 1 N–H and O–H groups in total. The summed E-state index contributed by atoms with van der Waals surface area (Å²) in [6.07, 6.45) is 1.98. The van der Waals surface area contributed by atoms with E-state index >= 15 is 0 Å². The van der Waals surface area contributed by atoms with Gasteiger partial charge in [0.05, 0.1) is 11.4 Å². The number of carbonyl (C=O) groups excluding carboxylic acids is 2. The minimum Gasteiger partial charge on any atom is -0.329 e. The maximum absolute atomic E-state index is 13.8. The molecule has 0 atom stereocenters. The Hall–Kier alpha value is -3.76. The highest BCUT2D eigenvalue weighted by Gasteiger charge is 2.20. The summed E-state index contributed by atoms with van der Waals surface area (Å²) in [6.45, 7) is 1.70. The van der Waals surface area contributed by atoms with Gasteiger partial charge in [-0.15, -0.1) is 5.10 Å². The molecule has 156 valence electrons. The van der Waals surface area contributed by atoms with Crippen molar-refractivity contribution >= 4 is 17.5 Å². The van der Waals surface area contributed by atoms with Crippen LogP contribution in [0.5, 0.6) is 0 Å². The van der Waals surface area contributed by atoms with Crippen molar-refractivity contribution in [3.8, 4) is 5.69 Å². The molecular formula is C19H17F3N6O2. The van der Waals surface area contributed by atoms with Crippen molar-refractivity contribution in [2.75, 3.05) is 18.4 Å². The first-order chi connectivity index (χ1) is 14.4. The van der Waals surface area contributed by atoms with Gasteiger partial charge in [0.1, 0.15) is 12.9 Å². The Morgan fingerprint density at radius 2 is 1.80 bits per heavy atom. The molecule has 0 aliphatic rings. The summed E-state index contributed by atoms with van der Waals surface area (Å²) in [5, 5.41) is 13.0. The molecule has 0 bridgehead atoms. The normalized spacial score (nSPS) is 10.7. The molecule has 0 saturated heterocycles. The summed E-state index contributed by atoms with van der Waals surface area (Å²) in [6, 6.07) is 8.03. The molecule has 1 aromatic heterocycles. The third kappa shape index (κ3) is 4.62. The van der Waals surface area contributed by atoms with Crippen LogP contribution in [0, 0.1) is 17.5 Å². The molecule has 0 aliphatic carbocycles. The van der Waals surface area contributed by atoms with E-state index in [-0.39, 0.29) is 13.1 Å². The Bertz CT molecular complexity index is 1040. The zero-order valence-electron chi connectivity index (χ0n) is 15.8. The first-order valence-corrected chi connectivity index (χ1v) is 8.96. The number of nitrogens with one attached hydrogen (secondary N) is 1. The quantitative estimate of drug-likeness (QED) is 0.596. The predicted molar refractivity (Wildman–Crippen MR) is 100 cm³/mol. The highest BCUT2D eigenvalue weighted by Crippen LogP contribution is 2.19. The van der Waals surface area contributed by atoms with Crippen LogP contribution in [0.1, 0.15) is 23.7 Å². The number of amides is 2. The van der Waals surface area contributed by atoms with Crippen molar-refractivity contribution in [3.63, 3.8) is 0 Å². The maximum atomic E-state index is 13.8. The highest BCUT2D eigenvalue weighted by molar-refractivity contribution is 5.99. The fourth-order valence-corrected chi connectivity index (χ4v) is 2.73. The van der Waals surface area contributed by atoms with Crippen LogP contribution >= 0.6 is 0 Å². The van der Waals surface area contributed by atoms with E-state index in [2.05, 4.69) is 20.8 Å². The van der Waals surface area contributed by atoms with Gasteiger partial charge in [0.2, 0.25) is 5.91 Å². The zero-order chi connectivity index (χ0) is 21.7. The molecule has 0 fully saturated rings. The molecule has 0 spiro atoms. The van der Waals surface area contributed by atoms with Gasteiger partial charge >= 0.3 is 0 Å². The van der Waals surface area contributed by atoms with Crippen LogP contribution in [0.4, 0.5) is 18.9 Å². The van der Waals surface area contributed by atoms with Gasteiger partial charge in [0.25, 0.3) is 5.91 Å². The largest absolute Gasteiger partial charge is 0.329 e. The van der Waals surface area contributed by atoms with Crippen LogP contribution in [0.15, 0.2) is 42.7 Å². The minimum atomic E-state index is -1.68. The Morgan fingerprint density at radius 1 is 1.07 bits per heavy atom.